The third-order valence-corrected chi connectivity index (χ3v) is 5.19. The minimum atomic E-state index is -3.18. The van der Waals surface area contributed by atoms with Crippen LogP contribution >= 0.6 is 23.4 Å². The van der Waals surface area contributed by atoms with E-state index in [1.807, 2.05) is 13.8 Å². The molecule has 0 saturated heterocycles. The Bertz CT molecular complexity index is 744. The number of aromatic nitrogens is 2. The molecular formula is C13H13ClN2O2S2. The van der Waals surface area contributed by atoms with Crippen LogP contribution in [-0.4, -0.2) is 24.6 Å². The van der Waals surface area contributed by atoms with Gasteiger partial charge in [0.2, 0.25) is 0 Å². The first kappa shape index (κ1) is 15.3. The number of hydrogen-bond acceptors (Lipinski definition) is 5. The Balaban J connectivity index is 2.29. The Kier molecular flexibility index (Phi) is 4.36. The van der Waals surface area contributed by atoms with Crippen LogP contribution in [0.25, 0.3) is 0 Å². The highest BCUT2D eigenvalue weighted by molar-refractivity contribution is 7.99. The highest BCUT2D eigenvalue weighted by atomic mass is 35.5. The minimum Gasteiger partial charge on any atom is -0.241 e. The first-order valence-corrected chi connectivity index (χ1v) is 8.84. The lowest BCUT2D eigenvalue weighted by molar-refractivity contribution is 0.602. The van der Waals surface area contributed by atoms with E-state index in [0.29, 0.717) is 15.1 Å². The average Bonchev–Trinajstić information content (AvgIpc) is 2.35. The van der Waals surface area contributed by atoms with E-state index in [1.165, 1.54) is 18.0 Å². The van der Waals surface area contributed by atoms with Gasteiger partial charge in [-0.2, -0.15) is 0 Å². The van der Waals surface area contributed by atoms with Crippen molar-refractivity contribution in [2.45, 2.75) is 28.7 Å². The Morgan fingerprint density at radius 2 is 1.60 bits per heavy atom. The Labute approximate surface area is 127 Å². The number of aryl methyl sites for hydroxylation is 2. The second kappa shape index (κ2) is 5.71. The molecular weight excluding hydrogens is 316 g/mol. The highest BCUT2D eigenvalue weighted by Gasteiger charge is 2.10. The molecule has 0 fully saturated rings. The van der Waals surface area contributed by atoms with Crippen LogP contribution in [0, 0.1) is 13.8 Å². The van der Waals surface area contributed by atoms with Gasteiger partial charge in [-0.1, -0.05) is 23.4 Å². The minimum absolute atomic E-state index is 0.291. The number of halogens is 1. The lowest BCUT2D eigenvalue weighted by Gasteiger charge is -2.06. The molecule has 106 valence electrons. The summed E-state index contributed by atoms with van der Waals surface area (Å²) in [5, 5.41) is 0.965. The summed E-state index contributed by atoms with van der Waals surface area (Å²) < 4.78 is 22.8. The topological polar surface area (TPSA) is 59.9 Å². The maximum atomic E-state index is 11.4. The SMILES string of the molecule is Cc1nc(Cl)c(Sc2ccc(S(C)(=O)=O)cc2)nc1C. The Morgan fingerprint density at radius 1 is 1.05 bits per heavy atom. The number of benzene rings is 1. The fourth-order valence-electron chi connectivity index (χ4n) is 1.49. The zero-order chi connectivity index (χ0) is 14.9. The van der Waals surface area contributed by atoms with Gasteiger partial charge in [0.15, 0.2) is 15.0 Å². The van der Waals surface area contributed by atoms with Crippen LogP contribution in [0.15, 0.2) is 39.1 Å². The van der Waals surface area contributed by atoms with E-state index in [0.717, 1.165) is 16.3 Å². The molecule has 0 spiro atoms. The Hall–Kier alpha value is -1.11. The van der Waals surface area contributed by atoms with Crippen LogP contribution in [0.2, 0.25) is 5.15 Å². The van der Waals surface area contributed by atoms with E-state index >= 15 is 0 Å². The second-order valence-electron chi connectivity index (χ2n) is 4.34. The third kappa shape index (κ3) is 3.50. The Morgan fingerprint density at radius 3 is 2.15 bits per heavy atom. The monoisotopic (exact) mass is 328 g/mol. The van der Waals surface area contributed by atoms with Crippen molar-refractivity contribution in [3.8, 4) is 0 Å². The van der Waals surface area contributed by atoms with Crippen molar-refractivity contribution < 1.29 is 8.42 Å². The lowest BCUT2D eigenvalue weighted by Crippen LogP contribution is -1.97. The van der Waals surface area contributed by atoms with E-state index in [9.17, 15) is 8.42 Å². The summed E-state index contributed by atoms with van der Waals surface area (Å²) in [7, 11) is -3.18. The quantitative estimate of drug-likeness (QED) is 0.865. The molecule has 0 aliphatic carbocycles. The summed E-state index contributed by atoms with van der Waals surface area (Å²) in [6.45, 7) is 3.72. The van der Waals surface area contributed by atoms with Crippen molar-refractivity contribution in [1.29, 1.82) is 0 Å². The molecule has 0 saturated carbocycles. The standard InChI is InChI=1S/C13H13ClN2O2S2/c1-8-9(2)16-13(12(14)15-8)19-10-4-6-11(7-5-10)20(3,17)18/h4-7H,1-3H3. The van der Waals surface area contributed by atoms with Crippen molar-refractivity contribution in [1.82, 2.24) is 9.97 Å². The molecule has 2 aromatic rings. The number of sulfone groups is 1. The summed E-state index contributed by atoms with van der Waals surface area (Å²) in [5.74, 6) is 0. The zero-order valence-corrected chi connectivity index (χ0v) is 13.6. The molecule has 1 aromatic carbocycles. The molecule has 0 aliphatic rings. The largest absolute Gasteiger partial charge is 0.241 e. The molecule has 0 atom stereocenters. The van der Waals surface area contributed by atoms with Crippen LogP contribution in [-0.2, 0) is 9.84 Å². The summed E-state index contributed by atoms with van der Waals surface area (Å²) in [6.07, 6.45) is 1.18. The second-order valence-corrected chi connectivity index (χ2v) is 7.77. The highest BCUT2D eigenvalue weighted by Crippen LogP contribution is 2.31. The third-order valence-electron chi connectivity index (χ3n) is 2.70. The van der Waals surface area contributed by atoms with Crippen LogP contribution in [0.4, 0.5) is 0 Å². The smallest absolute Gasteiger partial charge is 0.175 e. The number of rotatable bonds is 3. The predicted octanol–water partition coefficient (Wildman–Crippen LogP) is 3.30. The molecule has 0 radical (unpaired) electrons. The molecule has 2 rings (SSSR count). The van der Waals surface area contributed by atoms with E-state index in [-0.39, 0.29) is 0 Å². The van der Waals surface area contributed by atoms with Crippen LogP contribution in [0.3, 0.4) is 0 Å². The molecule has 0 unspecified atom stereocenters. The van der Waals surface area contributed by atoms with Crippen molar-refractivity contribution in [2.24, 2.45) is 0 Å². The van der Waals surface area contributed by atoms with Gasteiger partial charge in [0.1, 0.15) is 5.03 Å². The predicted molar refractivity (Wildman–Crippen MR) is 80.2 cm³/mol. The van der Waals surface area contributed by atoms with Gasteiger partial charge in [-0.25, -0.2) is 18.4 Å². The van der Waals surface area contributed by atoms with Gasteiger partial charge in [0.05, 0.1) is 16.3 Å². The molecule has 7 heteroatoms. The molecule has 1 aromatic heterocycles. The molecule has 0 bridgehead atoms. The average molecular weight is 329 g/mol. The van der Waals surface area contributed by atoms with Gasteiger partial charge in [-0.05, 0) is 38.1 Å². The summed E-state index contributed by atoms with van der Waals surface area (Å²) in [4.78, 5) is 9.75. The van der Waals surface area contributed by atoms with Crippen molar-refractivity contribution >= 4 is 33.2 Å². The van der Waals surface area contributed by atoms with E-state index in [2.05, 4.69) is 9.97 Å². The molecule has 0 amide bonds. The first-order chi connectivity index (χ1) is 9.27. The van der Waals surface area contributed by atoms with Gasteiger partial charge in [-0.15, -0.1) is 0 Å². The fraction of sp³-hybridized carbons (Fsp3) is 0.231. The number of hydrogen-bond donors (Lipinski definition) is 0. The van der Waals surface area contributed by atoms with Gasteiger partial charge >= 0.3 is 0 Å². The first-order valence-electron chi connectivity index (χ1n) is 5.76. The van der Waals surface area contributed by atoms with E-state index in [4.69, 9.17) is 11.6 Å². The van der Waals surface area contributed by atoms with E-state index < -0.39 is 9.84 Å². The summed E-state index contributed by atoms with van der Waals surface area (Å²) in [5.41, 5.74) is 1.62. The molecule has 0 aliphatic heterocycles. The van der Waals surface area contributed by atoms with Gasteiger partial charge < -0.3 is 0 Å². The summed E-state index contributed by atoms with van der Waals surface area (Å²) >= 11 is 7.42. The van der Waals surface area contributed by atoms with Gasteiger partial charge in [-0.3, -0.25) is 0 Å². The number of nitrogens with zero attached hydrogens (tertiary/aromatic N) is 2. The van der Waals surface area contributed by atoms with Crippen molar-refractivity contribution in [3.05, 3.63) is 40.8 Å². The lowest BCUT2D eigenvalue weighted by atomic mass is 10.4. The van der Waals surface area contributed by atoms with Crippen molar-refractivity contribution in [2.75, 3.05) is 6.26 Å². The summed E-state index contributed by atoms with van der Waals surface area (Å²) in [6, 6.07) is 6.60. The zero-order valence-electron chi connectivity index (χ0n) is 11.2. The van der Waals surface area contributed by atoms with Crippen molar-refractivity contribution in [3.63, 3.8) is 0 Å². The van der Waals surface area contributed by atoms with Crippen LogP contribution in [0.1, 0.15) is 11.4 Å². The van der Waals surface area contributed by atoms with Gasteiger partial charge in [0.25, 0.3) is 0 Å². The molecule has 1 heterocycles. The normalized spacial score (nSPS) is 11.6. The maximum absolute atomic E-state index is 11.4. The molecule has 4 nitrogen and oxygen atoms in total. The van der Waals surface area contributed by atoms with Crippen LogP contribution < -0.4 is 0 Å². The van der Waals surface area contributed by atoms with E-state index in [1.54, 1.807) is 24.3 Å². The van der Waals surface area contributed by atoms with Gasteiger partial charge in [0, 0.05) is 11.2 Å². The van der Waals surface area contributed by atoms with Crippen LogP contribution in [0.5, 0.6) is 0 Å². The fourth-order valence-corrected chi connectivity index (χ4v) is 3.21. The molecule has 0 N–H and O–H groups in total. The molecule has 20 heavy (non-hydrogen) atoms. The maximum Gasteiger partial charge on any atom is 0.175 e.